The molecule has 1 fully saturated rings. The van der Waals surface area contributed by atoms with Gasteiger partial charge < -0.3 is 5.73 Å². The molecule has 0 aliphatic heterocycles. The molecule has 0 radical (unpaired) electrons. The van der Waals surface area contributed by atoms with Gasteiger partial charge in [0.25, 0.3) is 0 Å². The average Bonchev–Trinajstić information content (AvgIpc) is 2.68. The number of hydrogen-bond donors (Lipinski definition) is 2. The highest BCUT2D eigenvalue weighted by atomic mass is 32.2. The molecule has 0 atom stereocenters. The second-order valence-corrected chi connectivity index (χ2v) is 8.69. The molecule has 2 aromatic carbocycles. The molecule has 0 saturated heterocycles. The highest BCUT2D eigenvalue weighted by molar-refractivity contribution is 7.89. The monoisotopic (exact) mass is 372 g/mol. The van der Waals surface area contributed by atoms with Crippen molar-refractivity contribution >= 4 is 15.9 Å². The molecule has 5 nitrogen and oxygen atoms in total. The Balaban J connectivity index is 1.81. The number of hydrogen-bond acceptors (Lipinski definition) is 3. The largest absolute Gasteiger partial charge is 0.366 e. The van der Waals surface area contributed by atoms with Crippen LogP contribution in [0.15, 0.2) is 59.5 Å². The van der Waals surface area contributed by atoms with Crippen molar-refractivity contribution in [2.24, 2.45) is 5.73 Å². The van der Waals surface area contributed by atoms with E-state index >= 15 is 0 Å². The van der Waals surface area contributed by atoms with Crippen LogP contribution in [0.2, 0.25) is 0 Å². The Labute approximate surface area is 154 Å². The number of rotatable bonds is 6. The molecule has 3 N–H and O–H groups in total. The molecule has 1 amide bonds. The normalized spacial score (nSPS) is 16.9. The van der Waals surface area contributed by atoms with Crippen LogP contribution in [0, 0.1) is 0 Å². The number of primary amides is 1. The molecule has 0 aromatic heterocycles. The van der Waals surface area contributed by atoms with Gasteiger partial charge in [0.05, 0.1) is 4.90 Å². The van der Waals surface area contributed by atoms with Gasteiger partial charge in [-0.05, 0) is 42.7 Å². The fourth-order valence-corrected chi connectivity index (χ4v) is 4.83. The molecule has 1 saturated carbocycles. The van der Waals surface area contributed by atoms with Crippen molar-refractivity contribution in [2.75, 3.05) is 6.54 Å². The summed E-state index contributed by atoms with van der Waals surface area (Å²) in [6, 6.07) is 15.9. The molecule has 3 rings (SSSR count). The lowest BCUT2D eigenvalue weighted by molar-refractivity contribution is 0.1000. The van der Waals surface area contributed by atoms with Crippen LogP contribution >= 0.6 is 0 Å². The predicted octanol–water partition coefficient (Wildman–Crippen LogP) is 2.97. The van der Waals surface area contributed by atoms with Crippen molar-refractivity contribution in [2.45, 2.75) is 42.4 Å². The van der Waals surface area contributed by atoms with Crippen molar-refractivity contribution < 1.29 is 13.2 Å². The Hall–Kier alpha value is -2.18. The Morgan fingerprint density at radius 2 is 1.58 bits per heavy atom. The lowest BCUT2D eigenvalue weighted by Crippen LogP contribution is -2.42. The van der Waals surface area contributed by atoms with Crippen molar-refractivity contribution in [1.82, 2.24) is 4.72 Å². The van der Waals surface area contributed by atoms with E-state index in [9.17, 15) is 13.2 Å². The minimum absolute atomic E-state index is 0.140. The van der Waals surface area contributed by atoms with E-state index in [1.807, 2.05) is 18.2 Å². The first-order chi connectivity index (χ1) is 12.4. The van der Waals surface area contributed by atoms with E-state index in [1.165, 1.54) is 36.2 Å². The van der Waals surface area contributed by atoms with Gasteiger partial charge in [-0.25, -0.2) is 13.1 Å². The van der Waals surface area contributed by atoms with Crippen LogP contribution in [0.3, 0.4) is 0 Å². The van der Waals surface area contributed by atoms with Gasteiger partial charge in [-0.2, -0.15) is 0 Å². The topological polar surface area (TPSA) is 89.3 Å². The zero-order chi connectivity index (χ0) is 18.6. The number of amides is 1. The van der Waals surface area contributed by atoms with Gasteiger partial charge in [0.2, 0.25) is 15.9 Å². The second-order valence-electron chi connectivity index (χ2n) is 6.92. The summed E-state index contributed by atoms with van der Waals surface area (Å²) in [4.78, 5) is 11.3. The summed E-state index contributed by atoms with van der Waals surface area (Å²) < 4.78 is 28.2. The van der Waals surface area contributed by atoms with Gasteiger partial charge >= 0.3 is 0 Å². The molecule has 0 bridgehead atoms. The SMILES string of the molecule is NC(=O)c1ccc(S(=O)(=O)NCC2(c3ccccc3)CCCCC2)cc1. The quantitative estimate of drug-likeness (QED) is 0.817. The lowest BCUT2D eigenvalue weighted by atomic mass is 9.69. The van der Waals surface area contributed by atoms with Gasteiger partial charge in [0, 0.05) is 17.5 Å². The first-order valence-electron chi connectivity index (χ1n) is 8.88. The lowest BCUT2D eigenvalue weighted by Gasteiger charge is -2.38. The van der Waals surface area contributed by atoms with Crippen LogP contribution in [0.4, 0.5) is 0 Å². The van der Waals surface area contributed by atoms with E-state index in [2.05, 4.69) is 16.9 Å². The van der Waals surface area contributed by atoms with Crippen LogP contribution in [0.5, 0.6) is 0 Å². The molecule has 0 unspecified atom stereocenters. The zero-order valence-electron chi connectivity index (χ0n) is 14.6. The van der Waals surface area contributed by atoms with Gasteiger partial charge in [0.1, 0.15) is 0 Å². The Kier molecular flexibility index (Phi) is 5.44. The fourth-order valence-electron chi connectivity index (χ4n) is 3.70. The smallest absolute Gasteiger partial charge is 0.248 e. The fraction of sp³-hybridized carbons (Fsp3) is 0.350. The first-order valence-corrected chi connectivity index (χ1v) is 10.4. The third kappa shape index (κ3) is 3.97. The number of nitrogens with one attached hydrogen (secondary N) is 1. The number of nitrogens with two attached hydrogens (primary N) is 1. The van der Waals surface area contributed by atoms with E-state index in [4.69, 9.17) is 5.73 Å². The van der Waals surface area contributed by atoms with E-state index in [1.54, 1.807) is 0 Å². The number of carbonyl (C=O) groups excluding carboxylic acids is 1. The third-order valence-corrected chi connectivity index (χ3v) is 6.66. The summed E-state index contributed by atoms with van der Waals surface area (Å²) >= 11 is 0. The summed E-state index contributed by atoms with van der Waals surface area (Å²) in [6.45, 7) is 0.372. The maximum absolute atomic E-state index is 12.7. The highest BCUT2D eigenvalue weighted by Gasteiger charge is 2.35. The molecular weight excluding hydrogens is 348 g/mol. The summed E-state index contributed by atoms with van der Waals surface area (Å²) in [7, 11) is -3.65. The number of carbonyl (C=O) groups is 1. The van der Waals surface area contributed by atoms with Gasteiger partial charge in [-0.1, -0.05) is 49.6 Å². The van der Waals surface area contributed by atoms with Gasteiger partial charge in [-0.15, -0.1) is 0 Å². The Morgan fingerprint density at radius 3 is 2.15 bits per heavy atom. The van der Waals surface area contributed by atoms with Crippen LogP contribution < -0.4 is 10.5 Å². The van der Waals surface area contributed by atoms with Crippen LogP contribution in [0.1, 0.15) is 48.0 Å². The zero-order valence-corrected chi connectivity index (χ0v) is 15.5. The average molecular weight is 372 g/mol. The van der Waals surface area contributed by atoms with Crippen molar-refractivity contribution in [3.63, 3.8) is 0 Å². The minimum Gasteiger partial charge on any atom is -0.366 e. The van der Waals surface area contributed by atoms with Crippen molar-refractivity contribution in [3.8, 4) is 0 Å². The van der Waals surface area contributed by atoms with E-state index in [0.29, 0.717) is 6.54 Å². The van der Waals surface area contributed by atoms with Gasteiger partial charge in [0.15, 0.2) is 0 Å². The number of benzene rings is 2. The number of sulfonamides is 1. The third-order valence-electron chi connectivity index (χ3n) is 5.25. The molecule has 0 heterocycles. The second kappa shape index (κ2) is 7.60. The molecule has 2 aromatic rings. The molecule has 6 heteroatoms. The van der Waals surface area contributed by atoms with Gasteiger partial charge in [-0.3, -0.25) is 4.79 Å². The van der Waals surface area contributed by atoms with E-state index in [-0.39, 0.29) is 15.9 Å². The van der Waals surface area contributed by atoms with Crippen molar-refractivity contribution in [1.29, 1.82) is 0 Å². The van der Waals surface area contributed by atoms with Crippen molar-refractivity contribution in [3.05, 3.63) is 65.7 Å². The molecule has 0 spiro atoms. The Morgan fingerprint density at radius 1 is 0.962 bits per heavy atom. The predicted molar refractivity (Wildman–Crippen MR) is 101 cm³/mol. The molecule has 1 aliphatic rings. The van der Waals surface area contributed by atoms with Crippen LogP contribution in [-0.4, -0.2) is 20.9 Å². The summed E-state index contributed by atoms with van der Waals surface area (Å²) in [5.41, 5.74) is 6.52. The van der Waals surface area contributed by atoms with E-state index in [0.717, 1.165) is 25.7 Å². The molecular formula is C20H24N2O3S. The maximum Gasteiger partial charge on any atom is 0.248 e. The van der Waals surface area contributed by atoms with Crippen LogP contribution in [-0.2, 0) is 15.4 Å². The summed E-state index contributed by atoms with van der Waals surface area (Å²) in [6.07, 6.45) is 5.34. The summed E-state index contributed by atoms with van der Waals surface area (Å²) in [5.74, 6) is -0.577. The minimum atomic E-state index is -3.65. The standard InChI is InChI=1S/C20H24N2O3S/c21-19(23)16-9-11-18(12-10-16)26(24,25)22-15-20(13-5-2-6-14-20)17-7-3-1-4-8-17/h1,3-4,7-12,22H,2,5-6,13-15H2,(H2,21,23). The first kappa shape index (κ1) is 18.6. The van der Waals surface area contributed by atoms with Crippen LogP contribution in [0.25, 0.3) is 0 Å². The maximum atomic E-state index is 12.7. The summed E-state index contributed by atoms with van der Waals surface area (Å²) in [5, 5.41) is 0. The molecule has 1 aliphatic carbocycles. The van der Waals surface area contributed by atoms with E-state index < -0.39 is 15.9 Å². The highest BCUT2D eigenvalue weighted by Crippen LogP contribution is 2.39. The molecule has 138 valence electrons. The Bertz CT molecular complexity index is 856. The molecule has 26 heavy (non-hydrogen) atoms.